The summed E-state index contributed by atoms with van der Waals surface area (Å²) in [6.45, 7) is 0.940. The van der Waals surface area contributed by atoms with Crippen molar-refractivity contribution in [3.8, 4) is 0 Å². The van der Waals surface area contributed by atoms with E-state index in [2.05, 4.69) is 31.9 Å². The largest absolute Gasteiger partial charge is 0.396 e. The molecule has 0 aliphatic carbocycles. The van der Waals surface area contributed by atoms with Crippen LogP contribution in [0, 0.1) is 0 Å². The maximum Gasteiger partial charge on any atom is 0.315 e. The Bertz CT molecular complexity index is 1530. The monoisotopic (exact) mass is 754 g/mol. The molecule has 2 fully saturated rings. The van der Waals surface area contributed by atoms with E-state index in [1.165, 1.54) is 0 Å². The summed E-state index contributed by atoms with van der Waals surface area (Å²) in [6, 6.07) is 13.2. The maximum atomic E-state index is 12.9. The van der Waals surface area contributed by atoms with Crippen molar-refractivity contribution in [1.82, 2.24) is 21.3 Å². The van der Waals surface area contributed by atoms with Gasteiger partial charge in [0.1, 0.15) is 6.61 Å². The molecule has 2 saturated heterocycles. The molecule has 6 amide bonds. The number of benzene rings is 2. The Morgan fingerprint density at radius 1 is 0.717 bits per heavy atom. The van der Waals surface area contributed by atoms with E-state index in [-0.39, 0.29) is 74.6 Å². The number of ketones is 1. The Kier molecular flexibility index (Phi) is 17.5. The van der Waals surface area contributed by atoms with Gasteiger partial charge in [-0.3, -0.25) is 24.0 Å². The number of aliphatic hydroxyl groups is 1. The smallest absolute Gasteiger partial charge is 0.315 e. The second-order valence-electron chi connectivity index (χ2n) is 12.8. The summed E-state index contributed by atoms with van der Waals surface area (Å²) in [6.07, 6.45) is 5.46. The third-order valence-electron chi connectivity index (χ3n) is 8.62. The van der Waals surface area contributed by atoms with Crippen molar-refractivity contribution >= 4 is 58.6 Å². The Labute approximate surface area is 313 Å². The van der Waals surface area contributed by atoms with E-state index in [1.807, 2.05) is 11.8 Å². The average molecular weight is 755 g/mol. The van der Waals surface area contributed by atoms with Crippen LogP contribution < -0.4 is 31.9 Å². The lowest BCUT2D eigenvalue weighted by Crippen LogP contribution is -2.36. The standard InChI is InChI=1S/C37H50N6O9S/c44-18-5-1-2-7-32(46)39-22-33(47)40-27-13-9-25(10-14-27)36(49)26-11-15-28(16-12-26)41-34(48)23-52-21-20-51-19-17-38-31(45)8-4-3-6-30-35-29(24-53-30)42-37(50)43-35/h9-16,29-30,35,44H,1-8,17-24H2,(H,38,45)(H,39,46)(H,40,47)(H,41,48)(H2,42,43,50)/t29-,30-,35-/m0/s1. The minimum atomic E-state index is -0.391. The zero-order valence-corrected chi connectivity index (χ0v) is 30.6. The van der Waals surface area contributed by atoms with Crippen LogP contribution in [0.4, 0.5) is 16.2 Å². The van der Waals surface area contributed by atoms with Crippen molar-refractivity contribution in [3.63, 3.8) is 0 Å². The Hall–Kier alpha value is -4.51. The molecule has 0 unspecified atom stereocenters. The van der Waals surface area contributed by atoms with E-state index in [4.69, 9.17) is 14.6 Å². The van der Waals surface area contributed by atoms with Crippen molar-refractivity contribution in [2.45, 2.75) is 68.7 Å². The average Bonchev–Trinajstić information content (AvgIpc) is 3.71. The normalized spacial score (nSPS) is 17.3. The highest BCUT2D eigenvalue weighted by Crippen LogP contribution is 2.33. The quantitative estimate of drug-likeness (QED) is 0.0472. The van der Waals surface area contributed by atoms with Crippen molar-refractivity contribution in [3.05, 3.63) is 59.7 Å². The molecule has 288 valence electrons. The molecular weight excluding hydrogens is 705 g/mol. The molecule has 3 atom stereocenters. The van der Waals surface area contributed by atoms with Gasteiger partial charge < -0.3 is 46.5 Å². The maximum absolute atomic E-state index is 12.9. The summed E-state index contributed by atoms with van der Waals surface area (Å²) in [5.41, 5.74) is 1.82. The van der Waals surface area contributed by atoms with Gasteiger partial charge in [-0.15, -0.1) is 0 Å². The Balaban J connectivity index is 1.00. The number of hydrogen-bond acceptors (Lipinski definition) is 10. The van der Waals surface area contributed by atoms with E-state index in [9.17, 15) is 28.8 Å². The van der Waals surface area contributed by atoms with Crippen molar-refractivity contribution in [2.24, 2.45) is 0 Å². The van der Waals surface area contributed by atoms with E-state index >= 15 is 0 Å². The minimum absolute atomic E-state index is 0.0220. The molecule has 15 nitrogen and oxygen atoms in total. The fraction of sp³-hybridized carbons (Fsp3) is 0.514. The van der Waals surface area contributed by atoms with Crippen LogP contribution >= 0.6 is 11.8 Å². The van der Waals surface area contributed by atoms with Crippen LogP contribution in [0.5, 0.6) is 0 Å². The van der Waals surface area contributed by atoms with Crippen molar-refractivity contribution in [2.75, 3.05) is 62.5 Å². The molecule has 7 N–H and O–H groups in total. The van der Waals surface area contributed by atoms with Crippen LogP contribution in [0.15, 0.2) is 48.5 Å². The molecule has 2 aromatic rings. The number of amides is 6. The van der Waals surface area contributed by atoms with Crippen LogP contribution in [0.3, 0.4) is 0 Å². The van der Waals surface area contributed by atoms with Crippen LogP contribution in [-0.4, -0.2) is 110 Å². The van der Waals surface area contributed by atoms with Gasteiger partial charge in [0.2, 0.25) is 23.6 Å². The molecule has 2 aliphatic heterocycles. The van der Waals surface area contributed by atoms with Gasteiger partial charge in [-0.2, -0.15) is 11.8 Å². The summed E-state index contributed by atoms with van der Waals surface area (Å²) in [5.74, 6) is -0.304. The number of nitrogens with one attached hydrogen (secondary N) is 6. The molecule has 0 bridgehead atoms. The molecule has 0 spiro atoms. The highest BCUT2D eigenvalue weighted by atomic mass is 32.2. The Morgan fingerprint density at radius 3 is 2.02 bits per heavy atom. The fourth-order valence-electron chi connectivity index (χ4n) is 5.83. The van der Waals surface area contributed by atoms with E-state index in [0.717, 1.165) is 31.4 Å². The topological polar surface area (TPSA) is 213 Å². The zero-order valence-electron chi connectivity index (χ0n) is 29.8. The lowest BCUT2D eigenvalue weighted by molar-refractivity contribution is -0.124. The minimum Gasteiger partial charge on any atom is -0.396 e. The number of carbonyl (C=O) groups is 6. The molecule has 0 saturated carbocycles. The van der Waals surface area contributed by atoms with Crippen LogP contribution in [0.25, 0.3) is 0 Å². The van der Waals surface area contributed by atoms with Gasteiger partial charge in [-0.25, -0.2) is 4.79 Å². The summed E-state index contributed by atoms with van der Waals surface area (Å²) >= 11 is 1.87. The van der Waals surface area contributed by atoms with Gasteiger partial charge in [-0.05, 0) is 74.2 Å². The second kappa shape index (κ2) is 22.5. The molecule has 16 heteroatoms. The van der Waals surface area contributed by atoms with Crippen LogP contribution in [-0.2, 0) is 28.7 Å². The van der Waals surface area contributed by atoms with Gasteiger partial charge in [0.25, 0.3) is 0 Å². The number of rotatable bonds is 24. The van der Waals surface area contributed by atoms with Gasteiger partial charge >= 0.3 is 6.03 Å². The third kappa shape index (κ3) is 14.8. The molecule has 0 radical (unpaired) electrons. The predicted octanol–water partition coefficient (Wildman–Crippen LogP) is 2.34. The number of hydrogen-bond donors (Lipinski definition) is 7. The first-order valence-electron chi connectivity index (χ1n) is 18.0. The third-order valence-corrected chi connectivity index (χ3v) is 10.1. The first kappa shape index (κ1) is 41.2. The van der Waals surface area contributed by atoms with E-state index < -0.39 is 5.91 Å². The van der Waals surface area contributed by atoms with Crippen molar-refractivity contribution < 1.29 is 43.3 Å². The summed E-state index contributed by atoms with van der Waals surface area (Å²) in [7, 11) is 0. The number of carbonyl (C=O) groups excluding carboxylic acids is 6. The number of aliphatic hydroxyl groups excluding tert-OH is 1. The second-order valence-corrected chi connectivity index (χ2v) is 14.0. The first-order valence-corrected chi connectivity index (χ1v) is 19.1. The van der Waals surface area contributed by atoms with Crippen LogP contribution in [0.1, 0.15) is 67.3 Å². The number of anilines is 2. The molecular formula is C37H50N6O9S. The number of unbranched alkanes of at least 4 members (excludes halogenated alkanes) is 3. The SMILES string of the molecule is O=C(CCCC[C@@H]1SC[C@@H]2NC(=O)N[C@@H]21)NCCOCCOCC(=O)Nc1ccc(C(=O)c2ccc(NC(=O)CNC(=O)CCCCCO)cc2)cc1. The van der Waals surface area contributed by atoms with E-state index in [1.54, 1.807) is 48.5 Å². The zero-order chi connectivity index (χ0) is 37.8. The van der Waals surface area contributed by atoms with E-state index in [0.29, 0.717) is 66.6 Å². The van der Waals surface area contributed by atoms with Gasteiger partial charge in [-0.1, -0.05) is 12.8 Å². The first-order chi connectivity index (χ1) is 25.7. The Morgan fingerprint density at radius 2 is 1.34 bits per heavy atom. The molecule has 2 heterocycles. The number of ether oxygens (including phenoxy) is 2. The van der Waals surface area contributed by atoms with Crippen LogP contribution in [0.2, 0.25) is 0 Å². The lowest BCUT2D eigenvalue weighted by atomic mass is 10.0. The van der Waals surface area contributed by atoms with Gasteiger partial charge in [0.05, 0.1) is 38.4 Å². The highest BCUT2D eigenvalue weighted by Gasteiger charge is 2.42. The molecule has 0 aromatic heterocycles. The van der Waals surface area contributed by atoms with Gasteiger partial charge in [0, 0.05) is 59.5 Å². The fourth-order valence-corrected chi connectivity index (χ4v) is 7.37. The molecule has 4 rings (SSSR count). The number of thioether (sulfide) groups is 1. The molecule has 2 aliphatic rings. The predicted molar refractivity (Wildman–Crippen MR) is 201 cm³/mol. The lowest BCUT2D eigenvalue weighted by Gasteiger charge is -2.16. The molecule has 53 heavy (non-hydrogen) atoms. The number of fused-ring (bicyclic) bond motifs is 1. The summed E-state index contributed by atoms with van der Waals surface area (Å²) in [5, 5.41) is 25.9. The summed E-state index contributed by atoms with van der Waals surface area (Å²) in [4.78, 5) is 72.8. The van der Waals surface area contributed by atoms with Crippen molar-refractivity contribution in [1.29, 1.82) is 0 Å². The van der Waals surface area contributed by atoms with Gasteiger partial charge in [0.15, 0.2) is 5.78 Å². The summed E-state index contributed by atoms with van der Waals surface area (Å²) < 4.78 is 10.8. The highest BCUT2D eigenvalue weighted by molar-refractivity contribution is 8.00. The molecule has 2 aromatic carbocycles. The number of urea groups is 1.